The van der Waals surface area contributed by atoms with Gasteiger partial charge >= 0.3 is 6.18 Å². The normalized spacial score (nSPS) is 15.3. The summed E-state index contributed by atoms with van der Waals surface area (Å²) in [5.74, 6) is 2.18. The Morgan fingerprint density at radius 3 is 2.62 bits per heavy atom. The van der Waals surface area contributed by atoms with Crippen molar-refractivity contribution in [3.8, 4) is 0 Å². The number of hydrogen-bond donors (Lipinski definition) is 1. The maximum absolute atomic E-state index is 12.6. The lowest BCUT2D eigenvalue weighted by Crippen LogP contribution is -2.31. The highest BCUT2D eigenvalue weighted by molar-refractivity contribution is 8.00. The highest BCUT2D eigenvalue weighted by Gasteiger charge is 2.30. The molecule has 1 aromatic heterocycles. The molecule has 9 heteroatoms. The molecule has 0 spiro atoms. The summed E-state index contributed by atoms with van der Waals surface area (Å²) in [6, 6.07) is 8.26. The van der Waals surface area contributed by atoms with E-state index in [1.54, 1.807) is 0 Å². The second kappa shape index (κ2) is 9.86. The zero-order valence-electron chi connectivity index (χ0n) is 16.0. The SMILES string of the molecule is Cc1cc(CN2CCSCC2)ccc1NC(=O)CSc1ccc(C(F)(F)F)cn1. The Bertz CT molecular complexity index is 838. The fraction of sp³-hybridized carbons (Fsp3) is 0.400. The molecule has 3 rings (SSSR count). The second-order valence-corrected chi connectivity index (χ2v) is 8.98. The summed E-state index contributed by atoms with van der Waals surface area (Å²) in [7, 11) is 0. The van der Waals surface area contributed by atoms with Crippen LogP contribution in [0.2, 0.25) is 0 Å². The van der Waals surface area contributed by atoms with Gasteiger partial charge in [-0.05, 0) is 36.2 Å². The van der Waals surface area contributed by atoms with Crippen LogP contribution in [0.5, 0.6) is 0 Å². The minimum absolute atomic E-state index is 0.0744. The Morgan fingerprint density at radius 1 is 1.24 bits per heavy atom. The smallest absolute Gasteiger partial charge is 0.325 e. The molecule has 0 atom stereocenters. The van der Waals surface area contributed by atoms with E-state index in [2.05, 4.69) is 21.3 Å². The van der Waals surface area contributed by atoms with Crippen LogP contribution in [0.15, 0.2) is 41.6 Å². The van der Waals surface area contributed by atoms with E-state index in [-0.39, 0.29) is 11.7 Å². The van der Waals surface area contributed by atoms with Crippen molar-refractivity contribution in [3.63, 3.8) is 0 Å². The van der Waals surface area contributed by atoms with Crippen LogP contribution in [0.3, 0.4) is 0 Å². The van der Waals surface area contributed by atoms with Crippen LogP contribution in [0, 0.1) is 6.92 Å². The van der Waals surface area contributed by atoms with Crippen molar-refractivity contribution in [2.75, 3.05) is 35.7 Å². The molecule has 4 nitrogen and oxygen atoms in total. The quantitative estimate of drug-likeness (QED) is 0.659. The van der Waals surface area contributed by atoms with E-state index in [9.17, 15) is 18.0 Å². The number of rotatable bonds is 6. The number of carbonyl (C=O) groups excluding carboxylic acids is 1. The molecule has 156 valence electrons. The van der Waals surface area contributed by atoms with E-state index in [1.807, 2.05) is 30.8 Å². The zero-order chi connectivity index (χ0) is 20.9. The van der Waals surface area contributed by atoms with Gasteiger partial charge in [0.25, 0.3) is 0 Å². The second-order valence-electron chi connectivity index (χ2n) is 6.76. The number of aromatic nitrogens is 1. The first-order valence-electron chi connectivity index (χ1n) is 9.17. The van der Waals surface area contributed by atoms with E-state index in [1.165, 1.54) is 23.1 Å². The van der Waals surface area contributed by atoms with Gasteiger partial charge in [-0.1, -0.05) is 23.9 Å². The van der Waals surface area contributed by atoms with Gasteiger partial charge in [-0.15, -0.1) is 0 Å². The molecule has 29 heavy (non-hydrogen) atoms. The number of amides is 1. The van der Waals surface area contributed by atoms with Crippen LogP contribution in [0.25, 0.3) is 0 Å². The van der Waals surface area contributed by atoms with E-state index in [0.29, 0.717) is 5.03 Å². The first-order valence-corrected chi connectivity index (χ1v) is 11.3. The lowest BCUT2D eigenvalue weighted by molar-refractivity contribution is -0.137. The summed E-state index contributed by atoms with van der Waals surface area (Å²) in [6.07, 6.45) is -3.63. The van der Waals surface area contributed by atoms with Crippen LogP contribution in [-0.4, -0.2) is 46.1 Å². The third kappa shape index (κ3) is 6.65. The highest BCUT2D eigenvalue weighted by Crippen LogP contribution is 2.29. The van der Waals surface area contributed by atoms with Gasteiger partial charge in [0.05, 0.1) is 16.3 Å². The van der Waals surface area contributed by atoms with Crippen molar-refractivity contribution in [3.05, 3.63) is 53.2 Å². The van der Waals surface area contributed by atoms with Gasteiger partial charge in [0.2, 0.25) is 5.91 Å². The van der Waals surface area contributed by atoms with Crippen LogP contribution in [0.4, 0.5) is 18.9 Å². The van der Waals surface area contributed by atoms with E-state index >= 15 is 0 Å². The molecule has 2 aromatic rings. The molecule has 1 saturated heterocycles. The van der Waals surface area contributed by atoms with Crippen LogP contribution in [0.1, 0.15) is 16.7 Å². The monoisotopic (exact) mass is 441 g/mol. The zero-order valence-corrected chi connectivity index (χ0v) is 17.6. The Labute approximate surface area is 176 Å². The lowest BCUT2D eigenvalue weighted by atomic mass is 10.1. The predicted octanol–water partition coefficient (Wildman–Crippen LogP) is 4.69. The molecule has 1 aromatic carbocycles. The van der Waals surface area contributed by atoms with Gasteiger partial charge in [0, 0.05) is 43.0 Å². The number of nitrogens with one attached hydrogen (secondary N) is 1. The third-order valence-corrected chi connectivity index (χ3v) is 6.38. The van der Waals surface area contributed by atoms with E-state index in [4.69, 9.17) is 0 Å². The first kappa shape index (κ1) is 22.0. The highest BCUT2D eigenvalue weighted by atomic mass is 32.2. The number of alkyl halides is 3. The standard InChI is InChI=1S/C20H22F3N3OS2/c1-14-10-15(12-26-6-8-28-9-7-26)2-4-17(14)25-18(27)13-29-19-5-3-16(11-24-19)20(21,22)23/h2-5,10-11H,6-9,12-13H2,1H3,(H,25,27). The van der Waals surface area contributed by atoms with Gasteiger partial charge in [0.1, 0.15) is 0 Å². The number of thioether (sulfide) groups is 2. The maximum Gasteiger partial charge on any atom is 0.417 e. The molecule has 1 aliphatic rings. The molecule has 0 saturated carbocycles. The van der Waals surface area contributed by atoms with Gasteiger partial charge in [-0.2, -0.15) is 24.9 Å². The molecule has 1 N–H and O–H groups in total. The van der Waals surface area contributed by atoms with Gasteiger partial charge in [0.15, 0.2) is 0 Å². The molecule has 0 aliphatic carbocycles. The Morgan fingerprint density at radius 2 is 2.00 bits per heavy atom. The molecule has 0 unspecified atom stereocenters. The van der Waals surface area contributed by atoms with Crippen molar-refractivity contribution in [2.24, 2.45) is 0 Å². The number of benzene rings is 1. The molecule has 1 aliphatic heterocycles. The van der Waals surface area contributed by atoms with E-state index < -0.39 is 11.7 Å². The number of pyridine rings is 1. The summed E-state index contributed by atoms with van der Waals surface area (Å²) in [4.78, 5) is 18.4. The number of carbonyl (C=O) groups is 1. The average Bonchev–Trinajstić information content (AvgIpc) is 2.69. The van der Waals surface area contributed by atoms with Crippen LogP contribution < -0.4 is 5.32 Å². The molecule has 0 bridgehead atoms. The summed E-state index contributed by atoms with van der Waals surface area (Å²) >= 11 is 3.08. The van der Waals surface area contributed by atoms with Gasteiger partial charge in [-0.25, -0.2) is 4.98 Å². The van der Waals surface area contributed by atoms with Crippen molar-refractivity contribution in [1.29, 1.82) is 0 Å². The number of hydrogen-bond acceptors (Lipinski definition) is 5. The molecular formula is C20H22F3N3OS2. The largest absolute Gasteiger partial charge is 0.417 e. The molecular weight excluding hydrogens is 419 g/mol. The summed E-state index contributed by atoms with van der Waals surface area (Å²) < 4.78 is 37.7. The Hall–Kier alpha value is -1.71. The summed E-state index contributed by atoms with van der Waals surface area (Å²) in [6.45, 7) is 5.05. The maximum atomic E-state index is 12.6. The summed E-state index contributed by atoms with van der Waals surface area (Å²) in [5, 5.41) is 3.24. The number of anilines is 1. The average molecular weight is 442 g/mol. The number of aryl methyl sites for hydroxylation is 1. The van der Waals surface area contributed by atoms with Gasteiger partial charge in [-0.3, -0.25) is 9.69 Å². The van der Waals surface area contributed by atoms with Crippen molar-refractivity contribution >= 4 is 35.1 Å². The predicted molar refractivity (Wildman–Crippen MR) is 112 cm³/mol. The fourth-order valence-electron chi connectivity index (χ4n) is 2.94. The number of nitrogens with zero attached hydrogens (tertiary/aromatic N) is 2. The lowest BCUT2D eigenvalue weighted by Gasteiger charge is -2.26. The first-order chi connectivity index (χ1) is 13.8. The molecule has 1 amide bonds. The Kier molecular flexibility index (Phi) is 7.48. The van der Waals surface area contributed by atoms with Crippen LogP contribution in [-0.2, 0) is 17.5 Å². The molecule has 2 heterocycles. The topological polar surface area (TPSA) is 45.2 Å². The third-order valence-electron chi connectivity index (χ3n) is 4.49. The van der Waals surface area contributed by atoms with E-state index in [0.717, 1.165) is 54.9 Å². The van der Waals surface area contributed by atoms with Crippen molar-refractivity contribution in [2.45, 2.75) is 24.7 Å². The minimum atomic E-state index is -4.41. The van der Waals surface area contributed by atoms with Crippen molar-refractivity contribution < 1.29 is 18.0 Å². The fourth-order valence-corrected chi connectivity index (χ4v) is 4.56. The van der Waals surface area contributed by atoms with Gasteiger partial charge < -0.3 is 5.32 Å². The Balaban J connectivity index is 1.51. The summed E-state index contributed by atoms with van der Waals surface area (Å²) in [5.41, 5.74) is 2.15. The molecule has 0 radical (unpaired) electrons. The van der Waals surface area contributed by atoms with Crippen molar-refractivity contribution in [1.82, 2.24) is 9.88 Å². The minimum Gasteiger partial charge on any atom is -0.325 e. The molecule has 1 fully saturated rings. The number of halogens is 3. The van der Waals surface area contributed by atoms with Crippen LogP contribution >= 0.6 is 23.5 Å².